The van der Waals surface area contributed by atoms with Gasteiger partial charge in [0, 0.05) is 17.8 Å². The normalized spacial score (nSPS) is 11.6. The molecular weight excluding hydrogens is 278 g/mol. The van der Waals surface area contributed by atoms with Crippen LogP contribution in [0, 0.1) is 0 Å². The van der Waals surface area contributed by atoms with Gasteiger partial charge in [-0.2, -0.15) is 0 Å². The highest BCUT2D eigenvalue weighted by Crippen LogP contribution is 2.12. The fourth-order valence-corrected chi connectivity index (χ4v) is 2.86. The molecule has 0 aliphatic rings. The zero-order valence-corrected chi connectivity index (χ0v) is 10.6. The second-order valence-corrected chi connectivity index (χ2v) is 6.05. The summed E-state index contributed by atoms with van der Waals surface area (Å²) in [5.74, 6) is -1.21. The zero-order valence-electron chi connectivity index (χ0n) is 8.95. The monoisotopic (exact) mass is 287 g/mol. The van der Waals surface area contributed by atoms with Crippen LogP contribution < -0.4 is 4.72 Å². The maximum absolute atomic E-state index is 11.8. The van der Waals surface area contributed by atoms with E-state index in [9.17, 15) is 13.2 Å². The van der Waals surface area contributed by atoms with Gasteiger partial charge in [-0.3, -0.25) is 0 Å². The molecule has 0 aliphatic carbocycles. The van der Waals surface area contributed by atoms with Crippen molar-refractivity contribution < 1.29 is 18.3 Å². The first-order valence-corrected chi connectivity index (χ1v) is 7.15. The average molecular weight is 287 g/mol. The van der Waals surface area contributed by atoms with Gasteiger partial charge in [0.1, 0.15) is 15.6 Å². The lowest BCUT2D eigenvalue weighted by Gasteiger charge is -2.01. The maximum atomic E-state index is 11.8. The number of thiazole rings is 1. The highest BCUT2D eigenvalue weighted by Gasteiger charge is 2.18. The third kappa shape index (κ3) is 2.75. The predicted octanol–water partition coefficient (Wildman–Crippen LogP) is 0.648. The third-order valence-electron chi connectivity index (χ3n) is 2.09. The van der Waals surface area contributed by atoms with Gasteiger partial charge in [-0.05, 0) is 6.07 Å². The van der Waals surface area contributed by atoms with Crippen molar-refractivity contribution in [2.75, 3.05) is 0 Å². The van der Waals surface area contributed by atoms with Gasteiger partial charge in [0.05, 0.1) is 6.54 Å². The summed E-state index contributed by atoms with van der Waals surface area (Å²) in [6.07, 6.45) is 2.71. The van der Waals surface area contributed by atoms with Crippen LogP contribution in [-0.2, 0) is 16.6 Å². The minimum atomic E-state index is -3.73. The Hall–Kier alpha value is -1.71. The number of H-pyrrole nitrogens is 1. The summed E-state index contributed by atoms with van der Waals surface area (Å²) >= 11 is 1.33. The summed E-state index contributed by atoms with van der Waals surface area (Å²) in [4.78, 5) is 16.8. The van der Waals surface area contributed by atoms with Crippen molar-refractivity contribution in [3.05, 3.63) is 34.5 Å². The summed E-state index contributed by atoms with van der Waals surface area (Å²) < 4.78 is 26.0. The Morgan fingerprint density at radius 1 is 1.56 bits per heavy atom. The second-order valence-electron chi connectivity index (χ2n) is 3.30. The van der Waals surface area contributed by atoms with E-state index in [1.807, 2.05) is 0 Å². The Labute approximate surface area is 107 Å². The number of carboxylic acids is 1. The van der Waals surface area contributed by atoms with Crippen LogP contribution in [0.5, 0.6) is 0 Å². The lowest BCUT2D eigenvalue weighted by atomic mass is 10.4. The van der Waals surface area contributed by atoms with E-state index in [0.717, 1.165) is 12.3 Å². The molecule has 0 spiro atoms. The number of nitrogens with zero attached hydrogens (tertiary/aromatic N) is 1. The fourth-order valence-electron chi connectivity index (χ4n) is 1.23. The maximum Gasteiger partial charge on any atom is 0.352 e. The molecule has 18 heavy (non-hydrogen) atoms. The van der Waals surface area contributed by atoms with Gasteiger partial charge in [0.15, 0.2) is 0 Å². The Kier molecular flexibility index (Phi) is 3.45. The van der Waals surface area contributed by atoms with Crippen molar-refractivity contribution in [1.82, 2.24) is 14.7 Å². The van der Waals surface area contributed by atoms with Crippen LogP contribution in [0.25, 0.3) is 0 Å². The van der Waals surface area contributed by atoms with Crippen molar-refractivity contribution in [2.24, 2.45) is 0 Å². The van der Waals surface area contributed by atoms with Gasteiger partial charge >= 0.3 is 5.97 Å². The molecule has 2 rings (SSSR count). The van der Waals surface area contributed by atoms with Crippen LogP contribution in [0.1, 0.15) is 15.5 Å². The largest absolute Gasteiger partial charge is 0.477 e. The zero-order chi connectivity index (χ0) is 13.2. The quantitative estimate of drug-likeness (QED) is 0.747. The van der Waals surface area contributed by atoms with Crippen LogP contribution in [0.2, 0.25) is 0 Å². The first-order valence-electron chi connectivity index (χ1n) is 4.79. The second kappa shape index (κ2) is 4.88. The van der Waals surface area contributed by atoms with E-state index in [1.54, 1.807) is 11.6 Å². The molecule has 3 N–H and O–H groups in total. The number of sulfonamides is 1. The molecule has 2 aromatic rings. The van der Waals surface area contributed by atoms with E-state index in [0.29, 0.717) is 5.01 Å². The molecule has 0 amide bonds. The SMILES string of the molecule is O=C(O)c1cc(S(=O)(=O)NCc2nccs2)c[nH]1. The molecule has 0 aromatic carbocycles. The van der Waals surface area contributed by atoms with E-state index in [2.05, 4.69) is 14.7 Å². The van der Waals surface area contributed by atoms with Crippen LogP contribution in [0.15, 0.2) is 28.7 Å². The van der Waals surface area contributed by atoms with E-state index in [4.69, 9.17) is 5.11 Å². The molecule has 0 radical (unpaired) electrons. The minimum Gasteiger partial charge on any atom is -0.477 e. The number of carboxylic acid groups (broad SMARTS) is 1. The van der Waals surface area contributed by atoms with Crippen molar-refractivity contribution in [3.8, 4) is 0 Å². The van der Waals surface area contributed by atoms with Crippen LogP contribution in [-0.4, -0.2) is 29.5 Å². The van der Waals surface area contributed by atoms with Crippen molar-refractivity contribution >= 4 is 27.3 Å². The number of aromatic nitrogens is 2. The standard InChI is InChI=1S/C9H9N3O4S2/c13-9(14)7-3-6(4-11-7)18(15,16)12-5-8-10-1-2-17-8/h1-4,11-12H,5H2,(H,13,14). The molecule has 9 heteroatoms. The molecule has 0 saturated heterocycles. The number of nitrogens with one attached hydrogen (secondary N) is 2. The smallest absolute Gasteiger partial charge is 0.352 e. The highest BCUT2D eigenvalue weighted by atomic mass is 32.2. The molecule has 2 aromatic heterocycles. The van der Waals surface area contributed by atoms with Crippen molar-refractivity contribution in [1.29, 1.82) is 0 Å². The summed E-state index contributed by atoms with van der Waals surface area (Å²) in [6.45, 7) is 0.0770. The molecule has 0 unspecified atom stereocenters. The molecule has 2 heterocycles. The summed E-state index contributed by atoms with van der Waals surface area (Å²) in [7, 11) is -3.73. The van der Waals surface area contributed by atoms with E-state index in [1.165, 1.54) is 11.3 Å². The number of carbonyl (C=O) groups is 1. The fraction of sp³-hybridized carbons (Fsp3) is 0.111. The Balaban J connectivity index is 2.12. The molecule has 0 aliphatic heterocycles. The van der Waals surface area contributed by atoms with Gasteiger partial charge < -0.3 is 10.1 Å². The molecular formula is C9H9N3O4S2. The predicted molar refractivity (Wildman–Crippen MR) is 63.9 cm³/mol. The van der Waals surface area contributed by atoms with Gasteiger partial charge in [-0.1, -0.05) is 0 Å². The molecule has 0 atom stereocenters. The number of hydrogen-bond donors (Lipinski definition) is 3. The van der Waals surface area contributed by atoms with Crippen LogP contribution in [0.4, 0.5) is 0 Å². The Bertz CT molecular complexity index is 645. The van der Waals surface area contributed by atoms with Crippen molar-refractivity contribution in [2.45, 2.75) is 11.4 Å². The third-order valence-corrected chi connectivity index (χ3v) is 4.25. The van der Waals surface area contributed by atoms with Crippen LogP contribution in [0.3, 0.4) is 0 Å². The first kappa shape index (κ1) is 12.7. The lowest BCUT2D eigenvalue weighted by Crippen LogP contribution is -2.22. The first-order chi connectivity index (χ1) is 8.49. The average Bonchev–Trinajstić information content (AvgIpc) is 2.98. The molecule has 0 saturated carbocycles. The number of aromatic carboxylic acids is 1. The summed E-state index contributed by atoms with van der Waals surface area (Å²) in [5.41, 5.74) is -0.176. The minimum absolute atomic E-state index is 0.0770. The van der Waals surface area contributed by atoms with E-state index >= 15 is 0 Å². The van der Waals surface area contributed by atoms with E-state index < -0.39 is 16.0 Å². The number of hydrogen-bond acceptors (Lipinski definition) is 5. The van der Waals surface area contributed by atoms with Crippen LogP contribution >= 0.6 is 11.3 Å². The summed E-state index contributed by atoms with van der Waals surface area (Å²) in [6, 6.07) is 1.06. The molecule has 96 valence electrons. The molecule has 0 fully saturated rings. The topological polar surface area (TPSA) is 112 Å². The lowest BCUT2D eigenvalue weighted by molar-refractivity contribution is 0.0691. The molecule has 7 nitrogen and oxygen atoms in total. The van der Waals surface area contributed by atoms with E-state index in [-0.39, 0.29) is 17.1 Å². The van der Waals surface area contributed by atoms with Gasteiger partial charge in [0.25, 0.3) is 0 Å². The Morgan fingerprint density at radius 2 is 2.33 bits per heavy atom. The highest BCUT2D eigenvalue weighted by molar-refractivity contribution is 7.89. The number of aromatic amines is 1. The van der Waals surface area contributed by atoms with Gasteiger partial charge in [-0.25, -0.2) is 22.9 Å². The summed E-state index contributed by atoms with van der Waals surface area (Å²) in [5, 5.41) is 11.1. The Morgan fingerprint density at radius 3 is 2.89 bits per heavy atom. The van der Waals surface area contributed by atoms with Gasteiger partial charge in [0.2, 0.25) is 10.0 Å². The van der Waals surface area contributed by atoms with Gasteiger partial charge in [-0.15, -0.1) is 11.3 Å². The number of rotatable bonds is 5. The van der Waals surface area contributed by atoms with Crippen molar-refractivity contribution in [3.63, 3.8) is 0 Å². The molecule has 0 bridgehead atoms.